The number of rotatable bonds is 5. The highest BCUT2D eigenvalue weighted by Gasteiger charge is 2.30. The maximum Gasteiger partial charge on any atom is 0.225 e. The summed E-state index contributed by atoms with van der Waals surface area (Å²) in [6.45, 7) is 0.332. The van der Waals surface area contributed by atoms with E-state index >= 15 is 0 Å². The molecule has 4 aromatic rings. The number of nitrogens with zero attached hydrogens (tertiary/aromatic N) is 6. The molecule has 0 spiro atoms. The van der Waals surface area contributed by atoms with E-state index in [1.165, 1.54) is 11.0 Å². The number of H-pyrrole nitrogens is 1. The van der Waals surface area contributed by atoms with Crippen LogP contribution in [0.4, 0.5) is 4.39 Å². The number of amides is 1. The van der Waals surface area contributed by atoms with Crippen LogP contribution in [0.2, 0.25) is 0 Å². The zero-order chi connectivity index (χ0) is 20.7. The Morgan fingerprint density at radius 2 is 2.07 bits per heavy atom. The third-order valence-electron chi connectivity index (χ3n) is 5.15. The van der Waals surface area contributed by atoms with Gasteiger partial charge in [-0.3, -0.25) is 9.89 Å². The highest BCUT2D eigenvalue weighted by atomic mass is 19.1. The normalized spacial score (nSPS) is 16.7. The lowest BCUT2D eigenvalue weighted by atomic mass is 10.2. The number of likely N-dealkylation sites (tertiary alicyclic amines) is 1. The van der Waals surface area contributed by atoms with Crippen LogP contribution in [0, 0.1) is 5.82 Å². The molecule has 5 rings (SSSR count). The topological polar surface area (TPSA) is 113 Å². The maximum absolute atomic E-state index is 14.1. The summed E-state index contributed by atoms with van der Waals surface area (Å²) in [5, 5.41) is 22.3. The van der Waals surface area contributed by atoms with Gasteiger partial charge in [0.15, 0.2) is 17.3 Å². The summed E-state index contributed by atoms with van der Waals surface area (Å²) in [5.74, 6) is 0.350. The lowest BCUT2D eigenvalue weighted by Crippen LogP contribution is -2.32. The molecule has 2 N–H and O–H groups in total. The number of pyridine rings is 1. The Balaban J connectivity index is 1.49. The van der Waals surface area contributed by atoms with Crippen LogP contribution in [0.5, 0.6) is 0 Å². The molecule has 1 unspecified atom stereocenters. The molecular formula is C20H18FN7O2. The number of aromatic nitrogens is 6. The van der Waals surface area contributed by atoms with Crippen LogP contribution in [0.15, 0.2) is 42.6 Å². The highest BCUT2D eigenvalue weighted by molar-refractivity contribution is 5.89. The molecule has 30 heavy (non-hydrogen) atoms. The first-order valence-corrected chi connectivity index (χ1v) is 9.54. The number of hydrogen-bond acceptors (Lipinski definition) is 6. The number of aliphatic hydroxyl groups excluding tert-OH is 1. The number of nitrogens with one attached hydrogen (secondary N) is 1. The van der Waals surface area contributed by atoms with E-state index in [4.69, 9.17) is 0 Å². The van der Waals surface area contributed by atoms with Crippen molar-refractivity contribution in [1.82, 2.24) is 34.8 Å². The molecule has 4 heterocycles. The van der Waals surface area contributed by atoms with Crippen molar-refractivity contribution in [3.8, 4) is 11.5 Å². The van der Waals surface area contributed by atoms with Gasteiger partial charge in [-0.15, -0.1) is 0 Å². The second-order valence-corrected chi connectivity index (χ2v) is 7.11. The van der Waals surface area contributed by atoms with Crippen LogP contribution in [-0.4, -0.2) is 52.1 Å². The van der Waals surface area contributed by atoms with Gasteiger partial charge in [0, 0.05) is 24.6 Å². The SMILES string of the molecule is O=C1CCC(O)N1Cc1n[nH]c(-c2nn(Cc3ccccc3F)c3ncccc23)n1. The molecule has 1 atom stereocenters. The number of hydrogen-bond donors (Lipinski definition) is 2. The summed E-state index contributed by atoms with van der Waals surface area (Å²) in [4.78, 5) is 22.1. The zero-order valence-corrected chi connectivity index (χ0v) is 15.9. The summed E-state index contributed by atoms with van der Waals surface area (Å²) in [6.07, 6.45) is 1.56. The fourth-order valence-corrected chi connectivity index (χ4v) is 3.62. The first-order chi connectivity index (χ1) is 14.6. The quantitative estimate of drug-likeness (QED) is 0.522. The molecule has 1 aliphatic rings. The van der Waals surface area contributed by atoms with E-state index < -0.39 is 6.23 Å². The molecule has 10 heteroatoms. The summed E-state index contributed by atoms with van der Waals surface area (Å²) in [7, 11) is 0. The minimum absolute atomic E-state index is 0.114. The largest absolute Gasteiger partial charge is 0.373 e. The molecular weight excluding hydrogens is 389 g/mol. The monoisotopic (exact) mass is 407 g/mol. The third-order valence-corrected chi connectivity index (χ3v) is 5.15. The number of halogens is 1. The molecule has 1 aliphatic heterocycles. The average molecular weight is 407 g/mol. The minimum Gasteiger partial charge on any atom is -0.373 e. The molecule has 3 aromatic heterocycles. The Morgan fingerprint density at radius 3 is 2.87 bits per heavy atom. The molecule has 1 amide bonds. The van der Waals surface area contributed by atoms with Crippen molar-refractivity contribution < 1.29 is 14.3 Å². The van der Waals surface area contributed by atoms with E-state index in [1.807, 2.05) is 6.07 Å². The van der Waals surface area contributed by atoms with E-state index in [0.29, 0.717) is 41.4 Å². The van der Waals surface area contributed by atoms with E-state index in [-0.39, 0.29) is 24.8 Å². The number of carbonyl (C=O) groups excluding carboxylic acids is 1. The number of fused-ring (bicyclic) bond motifs is 1. The smallest absolute Gasteiger partial charge is 0.225 e. The summed E-state index contributed by atoms with van der Waals surface area (Å²) in [6, 6.07) is 10.2. The van der Waals surface area contributed by atoms with E-state index in [9.17, 15) is 14.3 Å². The van der Waals surface area contributed by atoms with Gasteiger partial charge in [-0.1, -0.05) is 18.2 Å². The first kappa shape index (κ1) is 18.4. The number of carbonyl (C=O) groups is 1. The van der Waals surface area contributed by atoms with Crippen molar-refractivity contribution >= 4 is 16.9 Å². The van der Waals surface area contributed by atoms with Gasteiger partial charge in [0.1, 0.15) is 17.7 Å². The molecule has 1 fully saturated rings. The van der Waals surface area contributed by atoms with Crippen LogP contribution in [0.25, 0.3) is 22.6 Å². The van der Waals surface area contributed by atoms with Crippen LogP contribution in [-0.2, 0) is 17.9 Å². The standard InChI is InChI=1S/C20H18FN7O2/c21-14-6-2-1-4-12(14)10-28-20-13(5-3-9-22-20)18(26-28)19-23-15(24-25-19)11-27-16(29)7-8-17(27)30/h1-6,9,16,29H,7-8,10-11H2,(H,23,24,25). The third kappa shape index (κ3) is 3.20. The van der Waals surface area contributed by atoms with Gasteiger partial charge in [-0.2, -0.15) is 10.2 Å². The zero-order valence-electron chi connectivity index (χ0n) is 15.9. The first-order valence-electron chi connectivity index (χ1n) is 9.54. The summed E-state index contributed by atoms with van der Waals surface area (Å²) >= 11 is 0. The molecule has 0 aliphatic carbocycles. The van der Waals surface area contributed by atoms with Crippen molar-refractivity contribution in [2.75, 3.05) is 0 Å². The molecule has 1 aromatic carbocycles. The Labute approximate surface area is 170 Å². The molecule has 9 nitrogen and oxygen atoms in total. The van der Waals surface area contributed by atoms with E-state index in [1.54, 1.807) is 35.1 Å². The van der Waals surface area contributed by atoms with Crippen molar-refractivity contribution in [1.29, 1.82) is 0 Å². The molecule has 1 saturated heterocycles. The fourth-order valence-electron chi connectivity index (χ4n) is 3.62. The van der Waals surface area contributed by atoms with Crippen molar-refractivity contribution in [2.45, 2.75) is 32.2 Å². The number of aromatic amines is 1. The van der Waals surface area contributed by atoms with Crippen LogP contribution >= 0.6 is 0 Å². The van der Waals surface area contributed by atoms with Gasteiger partial charge in [0.05, 0.1) is 18.5 Å². The minimum atomic E-state index is -0.815. The summed E-state index contributed by atoms with van der Waals surface area (Å²) in [5.41, 5.74) is 1.62. The van der Waals surface area contributed by atoms with Crippen LogP contribution in [0.3, 0.4) is 0 Å². The Hall–Kier alpha value is -3.66. The molecule has 0 radical (unpaired) electrons. The predicted molar refractivity (Wildman–Crippen MR) is 104 cm³/mol. The Kier molecular flexibility index (Phi) is 4.47. The molecule has 152 valence electrons. The Morgan fingerprint density at radius 1 is 1.20 bits per heavy atom. The van der Waals surface area contributed by atoms with Crippen LogP contribution in [0.1, 0.15) is 24.2 Å². The lowest BCUT2D eigenvalue weighted by molar-refractivity contribution is -0.134. The lowest BCUT2D eigenvalue weighted by Gasteiger charge is -2.18. The van der Waals surface area contributed by atoms with E-state index in [0.717, 1.165) is 5.39 Å². The second-order valence-electron chi connectivity index (χ2n) is 7.11. The van der Waals surface area contributed by atoms with Gasteiger partial charge in [-0.05, 0) is 18.2 Å². The summed E-state index contributed by atoms with van der Waals surface area (Å²) < 4.78 is 15.7. The maximum atomic E-state index is 14.1. The fraction of sp³-hybridized carbons (Fsp3) is 0.250. The van der Waals surface area contributed by atoms with Crippen molar-refractivity contribution in [2.24, 2.45) is 0 Å². The number of benzene rings is 1. The van der Waals surface area contributed by atoms with Crippen LogP contribution < -0.4 is 0 Å². The van der Waals surface area contributed by atoms with Gasteiger partial charge in [0.25, 0.3) is 0 Å². The second kappa shape index (κ2) is 7.30. The van der Waals surface area contributed by atoms with Gasteiger partial charge in [0.2, 0.25) is 5.91 Å². The van der Waals surface area contributed by atoms with Gasteiger partial charge >= 0.3 is 0 Å². The van der Waals surface area contributed by atoms with Gasteiger partial charge in [-0.25, -0.2) is 19.0 Å². The highest BCUT2D eigenvalue weighted by Crippen LogP contribution is 2.26. The molecule has 0 bridgehead atoms. The average Bonchev–Trinajstić information content (AvgIpc) is 3.44. The van der Waals surface area contributed by atoms with Gasteiger partial charge < -0.3 is 10.0 Å². The van der Waals surface area contributed by atoms with Crippen molar-refractivity contribution in [3.05, 3.63) is 59.8 Å². The Bertz CT molecular complexity index is 1230. The molecule has 0 saturated carbocycles. The predicted octanol–water partition coefficient (Wildman–Crippen LogP) is 1.84. The van der Waals surface area contributed by atoms with E-state index in [2.05, 4.69) is 25.3 Å². The number of aliphatic hydroxyl groups is 1. The van der Waals surface area contributed by atoms with Crippen molar-refractivity contribution in [3.63, 3.8) is 0 Å².